The molecule has 0 radical (unpaired) electrons. The van der Waals surface area contributed by atoms with Crippen LogP contribution in [0.1, 0.15) is 10.4 Å². The first kappa shape index (κ1) is 12.3. The van der Waals surface area contributed by atoms with Crippen molar-refractivity contribution in [2.45, 2.75) is 0 Å². The molecule has 3 rings (SSSR count). The highest BCUT2D eigenvalue weighted by Crippen LogP contribution is 2.28. The third-order valence-electron chi connectivity index (χ3n) is 2.91. The zero-order chi connectivity index (χ0) is 13.9. The summed E-state index contributed by atoms with van der Waals surface area (Å²) in [4.78, 5) is 15.1. The summed E-state index contributed by atoms with van der Waals surface area (Å²) in [5.74, 6) is -0.278. The average Bonchev–Trinajstić information content (AvgIpc) is 2.49. The number of halogens is 1. The molecule has 0 saturated heterocycles. The minimum Gasteiger partial charge on any atom is -0.452 e. The molecule has 0 fully saturated rings. The Bertz CT molecular complexity index is 786. The first-order valence-electron chi connectivity index (χ1n) is 6.04. The molecule has 4 heteroatoms. The second kappa shape index (κ2) is 5.09. The molecule has 1 aromatic heterocycles. The lowest BCUT2D eigenvalue weighted by atomic mass is 10.2. The van der Waals surface area contributed by atoms with Gasteiger partial charge in [-0.25, -0.2) is 4.39 Å². The van der Waals surface area contributed by atoms with Crippen molar-refractivity contribution in [1.29, 1.82) is 0 Å². The molecule has 98 valence electrons. The summed E-state index contributed by atoms with van der Waals surface area (Å²) in [6.07, 6.45) is 2.07. The molecule has 3 nitrogen and oxygen atoms in total. The Balaban J connectivity index is 2.03. The molecule has 20 heavy (non-hydrogen) atoms. The molecule has 0 unspecified atom stereocenters. The molecule has 0 bridgehead atoms. The van der Waals surface area contributed by atoms with Crippen LogP contribution in [0.5, 0.6) is 11.5 Å². The van der Waals surface area contributed by atoms with Gasteiger partial charge in [0.2, 0.25) is 0 Å². The smallest absolute Gasteiger partial charge is 0.173 e. The summed E-state index contributed by atoms with van der Waals surface area (Å²) < 4.78 is 19.2. The highest BCUT2D eigenvalue weighted by molar-refractivity contribution is 5.81. The Morgan fingerprint density at radius 2 is 1.95 bits per heavy atom. The van der Waals surface area contributed by atoms with E-state index in [1.54, 1.807) is 6.07 Å². The van der Waals surface area contributed by atoms with Gasteiger partial charge >= 0.3 is 0 Å². The highest BCUT2D eigenvalue weighted by atomic mass is 19.1. The van der Waals surface area contributed by atoms with Crippen LogP contribution in [0, 0.1) is 5.82 Å². The Labute approximate surface area is 114 Å². The minimum atomic E-state index is -0.581. The normalized spacial score (nSPS) is 10.4. The Morgan fingerprint density at radius 3 is 2.80 bits per heavy atom. The van der Waals surface area contributed by atoms with Crippen LogP contribution in [-0.4, -0.2) is 11.3 Å². The van der Waals surface area contributed by atoms with Crippen molar-refractivity contribution in [3.05, 3.63) is 66.1 Å². The molecule has 0 saturated carbocycles. The van der Waals surface area contributed by atoms with E-state index in [9.17, 15) is 9.18 Å². The summed E-state index contributed by atoms with van der Waals surface area (Å²) in [7, 11) is 0. The van der Waals surface area contributed by atoms with Crippen LogP contribution in [-0.2, 0) is 0 Å². The van der Waals surface area contributed by atoms with Gasteiger partial charge in [0.25, 0.3) is 0 Å². The molecule has 0 aliphatic heterocycles. The number of pyridine rings is 1. The number of carbonyl (C=O) groups excluding carboxylic acids is 1. The summed E-state index contributed by atoms with van der Waals surface area (Å²) in [5.41, 5.74) is 0.988. The van der Waals surface area contributed by atoms with Crippen LogP contribution in [0.25, 0.3) is 10.9 Å². The van der Waals surface area contributed by atoms with E-state index in [0.717, 1.165) is 10.9 Å². The van der Waals surface area contributed by atoms with Gasteiger partial charge in [0, 0.05) is 5.39 Å². The van der Waals surface area contributed by atoms with Gasteiger partial charge in [0.1, 0.15) is 5.75 Å². The predicted octanol–water partition coefficient (Wildman–Crippen LogP) is 3.98. The van der Waals surface area contributed by atoms with Gasteiger partial charge in [0.15, 0.2) is 17.9 Å². The summed E-state index contributed by atoms with van der Waals surface area (Å²) in [6.45, 7) is 0. The molecule has 1 heterocycles. The largest absolute Gasteiger partial charge is 0.452 e. The SMILES string of the molecule is O=Cc1cccc(F)c1Oc1cnc2ccccc2c1. The van der Waals surface area contributed by atoms with Crippen molar-refractivity contribution in [2.24, 2.45) is 0 Å². The number of benzene rings is 2. The fourth-order valence-electron chi connectivity index (χ4n) is 1.95. The van der Waals surface area contributed by atoms with E-state index >= 15 is 0 Å². The van der Waals surface area contributed by atoms with E-state index in [2.05, 4.69) is 4.98 Å². The quantitative estimate of drug-likeness (QED) is 0.674. The van der Waals surface area contributed by atoms with Crippen molar-refractivity contribution >= 4 is 17.2 Å². The number of aldehydes is 1. The molecule has 0 atom stereocenters. The second-order valence-corrected chi connectivity index (χ2v) is 4.24. The standard InChI is InChI=1S/C16H10FNO2/c17-14-6-3-5-12(10-19)16(14)20-13-8-11-4-1-2-7-15(11)18-9-13/h1-10H. The van der Waals surface area contributed by atoms with Gasteiger partial charge in [0.05, 0.1) is 17.3 Å². The predicted molar refractivity (Wildman–Crippen MR) is 73.6 cm³/mol. The molecule has 2 aromatic carbocycles. The van der Waals surface area contributed by atoms with Crippen molar-refractivity contribution < 1.29 is 13.9 Å². The highest BCUT2D eigenvalue weighted by Gasteiger charge is 2.10. The third kappa shape index (κ3) is 2.23. The molecule has 0 spiro atoms. The maximum absolute atomic E-state index is 13.7. The zero-order valence-electron chi connectivity index (χ0n) is 10.4. The van der Waals surface area contributed by atoms with Crippen molar-refractivity contribution in [3.63, 3.8) is 0 Å². The second-order valence-electron chi connectivity index (χ2n) is 4.24. The van der Waals surface area contributed by atoms with Crippen LogP contribution in [0.2, 0.25) is 0 Å². The number of nitrogens with zero attached hydrogens (tertiary/aromatic N) is 1. The average molecular weight is 267 g/mol. The third-order valence-corrected chi connectivity index (χ3v) is 2.91. The number of fused-ring (bicyclic) bond motifs is 1. The molecule has 0 aliphatic carbocycles. The molecule has 0 aliphatic rings. The molecule has 0 N–H and O–H groups in total. The zero-order valence-corrected chi connectivity index (χ0v) is 10.4. The lowest BCUT2D eigenvalue weighted by molar-refractivity contribution is 0.112. The number of rotatable bonds is 3. The van der Waals surface area contributed by atoms with E-state index < -0.39 is 5.82 Å². The van der Waals surface area contributed by atoms with Crippen molar-refractivity contribution in [1.82, 2.24) is 4.98 Å². The van der Waals surface area contributed by atoms with Gasteiger partial charge in [-0.3, -0.25) is 9.78 Å². The van der Waals surface area contributed by atoms with Gasteiger partial charge in [-0.05, 0) is 24.3 Å². The first-order chi connectivity index (χ1) is 9.78. The first-order valence-corrected chi connectivity index (χ1v) is 6.04. The summed E-state index contributed by atoms with van der Waals surface area (Å²) in [5, 5.41) is 0.883. The van der Waals surface area contributed by atoms with E-state index in [4.69, 9.17) is 4.74 Å². The number of hydrogen-bond acceptors (Lipinski definition) is 3. The lowest BCUT2D eigenvalue weighted by Gasteiger charge is -2.09. The monoisotopic (exact) mass is 267 g/mol. The maximum Gasteiger partial charge on any atom is 0.173 e. The lowest BCUT2D eigenvalue weighted by Crippen LogP contribution is -1.94. The van der Waals surface area contributed by atoms with E-state index in [1.807, 2.05) is 24.3 Å². The van der Waals surface area contributed by atoms with Crippen molar-refractivity contribution in [2.75, 3.05) is 0 Å². The van der Waals surface area contributed by atoms with Gasteiger partial charge < -0.3 is 4.74 Å². The topological polar surface area (TPSA) is 39.2 Å². The van der Waals surface area contributed by atoms with Gasteiger partial charge in [-0.1, -0.05) is 24.3 Å². The van der Waals surface area contributed by atoms with Gasteiger partial charge in [-0.2, -0.15) is 0 Å². The van der Waals surface area contributed by atoms with Gasteiger partial charge in [-0.15, -0.1) is 0 Å². The fourth-order valence-corrected chi connectivity index (χ4v) is 1.95. The van der Waals surface area contributed by atoms with Crippen molar-refractivity contribution in [3.8, 4) is 11.5 Å². The van der Waals surface area contributed by atoms with E-state index in [-0.39, 0.29) is 11.3 Å². The number of aromatic nitrogens is 1. The van der Waals surface area contributed by atoms with E-state index in [1.165, 1.54) is 24.4 Å². The Hall–Kier alpha value is -2.75. The van der Waals surface area contributed by atoms with Crippen LogP contribution in [0.4, 0.5) is 4.39 Å². The van der Waals surface area contributed by atoms with Crippen LogP contribution in [0.3, 0.4) is 0 Å². The number of carbonyl (C=O) groups is 1. The van der Waals surface area contributed by atoms with Crippen LogP contribution < -0.4 is 4.74 Å². The number of para-hydroxylation sites is 2. The summed E-state index contributed by atoms with van der Waals surface area (Å²) >= 11 is 0. The molecule has 3 aromatic rings. The molecular weight excluding hydrogens is 257 g/mol. The number of hydrogen-bond donors (Lipinski definition) is 0. The maximum atomic E-state index is 13.7. The fraction of sp³-hybridized carbons (Fsp3) is 0. The number of ether oxygens (including phenoxy) is 1. The minimum absolute atomic E-state index is 0.0837. The van der Waals surface area contributed by atoms with Crippen LogP contribution >= 0.6 is 0 Å². The Morgan fingerprint density at radius 1 is 1.10 bits per heavy atom. The van der Waals surface area contributed by atoms with E-state index in [0.29, 0.717) is 12.0 Å². The van der Waals surface area contributed by atoms with Crippen LogP contribution in [0.15, 0.2) is 54.7 Å². The Kier molecular flexibility index (Phi) is 3.13. The molecular formula is C16H10FNO2. The summed E-state index contributed by atoms with van der Waals surface area (Å²) in [6, 6.07) is 13.5. The molecule has 0 amide bonds.